The van der Waals surface area contributed by atoms with Crippen LogP contribution in [-0.4, -0.2) is 34.2 Å². The van der Waals surface area contributed by atoms with Crippen LogP contribution in [0.3, 0.4) is 0 Å². The van der Waals surface area contributed by atoms with Crippen LogP contribution in [0.5, 0.6) is 0 Å². The van der Waals surface area contributed by atoms with Crippen LogP contribution in [0.2, 0.25) is 0 Å². The topological polar surface area (TPSA) is 105 Å². The summed E-state index contributed by atoms with van der Waals surface area (Å²) >= 11 is 0. The zero-order chi connectivity index (χ0) is 26.3. The van der Waals surface area contributed by atoms with E-state index in [9.17, 15) is 36.3 Å². The molecule has 188 valence electrons. The molecule has 0 saturated carbocycles. The summed E-state index contributed by atoms with van der Waals surface area (Å²) in [7, 11) is 1.51. The van der Waals surface area contributed by atoms with Crippen molar-refractivity contribution in [3.05, 3.63) is 77.1 Å². The van der Waals surface area contributed by atoms with Crippen molar-refractivity contribution in [2.24, 2.45) is 7.05 Å². The molecule has 1 aliphatic heterocycles. The predicted molar refractivity (Wildman–Crippen MR) is 116 cm³/mol. The molecule has 2 heterocycles. The molecule has 1 unspecified atom stereocenters. The van der Waals surface area contributed by atoms with Crippen LogP contribution in [0.15, 0.2) is 54.7 Å². The van der Waals surface area contributed by atoms with Crippen LogP contribution in [0.25, 0.3) is 11.1 Å². The Morgan fingerprint density at radius 2 is 1.81 bits per heavy atom. The van der Waals surface area contributed by atoms with Gasteiger partial charge < -0.3 is 10.6 Å². The van der Waals surface area contributed by atoms with E-state index in [2.05, 4.69) is 21.0 Å². The largest absolute Gasteiger partial charge is 0.416 e. The molecule has 4 amide bonds. The SMILES string of the molecule is Cn1nccc1C1(CNC(=O)c2c(-c3ccc(C(F)(F)F)cc3)cccc2C(F)F)NC(=O)NC1=O. The number of imide groups is 1. The number of carbonyl (C=O) groups excluding carboxylic acids is 3. The third-order valence-electron chi connectivity index (χ3n) is 5.80. The Morgan fingerprint density at radius 3 is 2.33 bits per heavy atom. The fourth-order valence-corrected chi connectivity index (χ4v) is 4.07. The standard InChI is InChI=1S/C23H18F5N5O3/c1-33-16(9-10-30-33)22(20(35)31-21(36)32-22)11-29-19(34)17-14(3-2-4-15(17)18(24)25)12-5-7-13(8-6-12)23(26,27)28/h2-10,18H,11H2,1H3,(H,29,34)(H2,31,32,35,36). The Morgan fingerprint density at radius 1 is 1.11 bits per heavy atom. The summed E-state index contributed by atoms with van der Waals surface area (Å²) in [5.74, 6) is -1.81. The van der Waals surface area contributed by atoms with Crippen molar-refractivity contribution in [2.75, 3.05) is 6.54 Å². The van der Waals surface area contributed by atoms with Gasteiger partial charge in [0.15, 0.2) is 5.54 Å². The molecule has 1 aromatic heterocycles. The van der Waals surface area contributed by atoms with Crippen LogP contribution in [0.4, 0.5) is 26.7 Å². The molecule has 8 nitrogen and oxygen atoms in total. The van der Waals surface area contributed by atoms with E-state index in [0.717, 1.165) is 30.3 Å². The van der Waals surface area contributed by atoms with Gasteiger partial charge in [-0.3, -0.25) is 19.6 Å². The Kier molecular flexibility index (Phi) is 6.24. The van der Waals surface area contributed by atoms with E-state index in [1.165, 1.54) is 36.1 Å². The maximum absolute atomic E-state index is 13.8. The number of hydrogen-bond donors (Lipinski definition) is 3. The summed E-state index contributed by atoms with van der Waals surface area (Å²) in [6, 6.07) is 7.93. The summed E-state index contributed by atoms with van der Waals surface area (Å²) in [6.07, 6.45) is -6.32. The van der Waals surface area contributed by atoms with Crippen molar-refractivity contribution in [1.29, 1.82) is 0 Å². The van der Waals surface area contributed by atoms with Gasteiger partial charge in [0.25, 0.3) is 18.2 Å². The minimum Gasteiger partial charge on any atom is -0.349 e. The summed E-state index contributed by atoms with van der Waals surface area (Å²) in [6.45, 7) is -0.521. The van der Waals surface area contributed by atoms with Gasteiger partial charge in [-0.05, 0) is 29.3 Å². The third kappa shape index (κ3) is 4.39. The number of aryl methyl sites for hydroxylation is 1. The molecule has 36 heavy (non-hydrogen) atoms. The monoisotopic (exact) mass is 507 g/mol. The highest BCUT2D eigenvalue weighted by molar-refractivity contribution is 6.08. The highest BCUT2D eigenvalue weighted by atomic mass is 19.4. The van der Waals surface area contributed by atoms with Crippen molar-refractivity contribution in [1.82, 2.24) is 25.7 Å². The van der Waals surface area contributed by atoms with Crippen molar-refractivity contribution < 1.29 is 36.3 Å². The second-order valence-electron chi connectivity index (χ2n) is 7.98. The van der Waals surface area contributed by atoms with Gasteiger partial charge in [-0.2, -0.15) is 18.3 Å². The van der Waals surface area contributed by atoms with E-state index < -0.39 is 59.2 Å². The minimum absolute atomic E-state index is 0.0338. The maximum atomic E-state index is 13.8. The van der Waals surface area contributed by atoms with Gasteiger partial charge in [0.2, 0.25) is 0 Å². The van der Waals surface area contributed by atoms with Gasteiger partial charge in [-0.1, -0.05) is 30.3 Å². The predicted octanol–water partition coefficient (Wildman–Crippen LogP) is 3.51. The Labute approximate surface area is 200 Å². The first kappa shape index (κ1) is 24.8. The number of benzene rings is 2. The molecule has 0 spiro atoms. The molecule has 4 rings (SSSR count). The van der Waals surface area contributed by atoms with Crippen LogP contribution in [0.1, 0.15) is 33.6 Å². The molecule has 0 bridgehead atoms. The van der Waals surface area contributed by atoms with Gasteiger partial charge in [0, 0.05) is 18.8 Å². The molecule has 0 aliphatic carbocycles. The highest BCUT2D eigenvalue weighted by Gasteiger charge is 2.50. The van der Waals surface area contributed by atoms with E-state index in [-0.39, 0.29) is 16.8 Å². The molecular weight excluding hydrogens is 489 g/mol. The Balaban J connectivity index is 1.72. The van der Waals surface area contributed by atoms with Gasteiger partial charge in [0.1, 0.15) is 0 Å². The Hall–Kier alpha value is -4.29. The first-order valence-electron chi connectivity index (χ1n) is 10.4. The summed E-state index contributed by atoms with van der Waals surface area (Å²) in [5, 5.41) is 10.9. The van der Waals surface area contributed by atoms with Crippen LogP contribution in [-0.2, 0) is 23.6 Å². The number of nitrogens with one attached hydrogen (secondary N) is 3. The van der Waals surface area contributed by atoms with E-state index in [1.54, 1.807) is 0 Å². The number of aromatic nitrogens is 2. The molecule has 0 radical (unpaired) electrons. The van der Waals surface area contributed by atoms with E-state index >= 15 is 0 Å². The molecule has 13 heteroatoms. The lowest BCUT2D eigenvalue weighted by atomic mass is 9.92. The molecular formula is C23H18F5N5O3. The third-order valence-corrected chi connectivity index (χ3v) is 5.80. The van der Waals surface area contributed by atoms with Crippen LogP contribution >= 0.6 is 0 Å². The molecule has 1 aliphatic rings. The van der Waals surface area contributed by atoms with Gasteiger partial charge in [0.05, 0.1) is 23.4 Å². The molecule has 1 saturated heterocycles. The zero-order valence-corrected chi connectivity index (χ0v) is 18.5. The summed E-state index contributed by atoms with van der Waals surface area (Å²) in [4.78, 5) is 37.8. The maximum Gasteiger partial charge on any atom is 0.416 e. The number of halogens is 5. The van der Waals surface area contributed by atoms with Crippen LogP contribution in [0, 0.1) is 0 Å². The highest BCUT2D eigenvalue weighted by Crippen LogP contribution is 2.35. The number of alkyl halides is 5. The smallest absolute Gasteiger partial charge is 0.349 e. The molecule has 1 atom stereocenters. The lowest BCUT2D eigenvalue weighted by molar-refractivity contribution is -0.137. The van der Waals surface area contributed by atoms with Gasteiger partial charge in [-0.15, -0.1) is 0 Å². The van der Waals surface area contributed by atoms with E-state index in [4.69, 9.17) is 0 Å². The average molecular weight is 507 g/mol. The molecule has 2 aromatic carbocycles. The second kappa shape index (κ2) is 9.06. The Bertz CT molecular complexity index is 1340. The number of urea groups is 1. The quantitative estimate of drug-likeness (QED) is 0.351. The zero-order valence-electron chi connectivity index (χ0n) is 18.5. The number of carbonyl (C=O) groups is 3. The minimum atomic E-state index is -4.60. The fraction of sp³-hybridized carbons (Fsp3) is 0.217. The first-order valence-corrected chi connectivity index (χ1v) is 10.4. The van der Waals surface area contributed by atoms with Crippen molar-refractivity contribution >= 4 is 17.8 Å². The number of nitrogens with zero attached hydrogens (tertiary/aromatic N) is 2. The number of hydrogen-bond acceptors (Lipinski definition) is 4. The number of amides is 4. The summed E-state index contributed by atoms with van der Waals surface area (Å²) < 4.78 is 67.9. The molecule has 3 N–H and O–H groups in total. The van der Waals surface area contributed by atoms with Gasteiger partial charge >= 0.3 is 12.2 Å². The average Bonchev–Trinajstić information content (AvgIpc) is 3.38. The lowest BCUT2D eigenvalue weighted by Gasteiger charge is -2.27. The van der Waals surface area contributed by atoms with E-state index in [0.29, 0.717) is 0 Å². The lowest BCUT2D eigenvalue weighted by Crippen LogP contribution is -2.53. The van der Waals surface area contributed by atoms with Gasteiger partial charge in [-0.25, -0.2) is 13.6 Å². The molecule has 3 aromatic rings. The normalized spacial score (nSPS) is 17.8. The fourth-order valence-electron chi connectivity index (χ4n) is 4.07. The molecule has 1 fully saturated rings. The van der Waals surface area contributed by atoms with E-state index in [1.807, 2.05) is 0 Å². The summed E-state index contributed by atoms with van der Waals surface area (Å²) in [5.41, 5.74) is -3.56. The van der Waals surface area contributed by atoms with Crippen molar-refractivity contribution in [3.8, 4) is 11.1 Å². The number of rotatable bonds is 6. The second-order valence-corrected chi connectivity index (χ2v) is 7.98. The first-order chi connectivity index (χ1) is 16.9. The van der Waals surface area contributed by atoms with Crippen molar-refractivity contribution in [3.63, 3.8) is 0 Å². The van der Waals surface area contributed by atoms with Crippen LogP contribution < -0.4 is 16.0 Å². The van der Waals surface area contributed by atoms with Crippen molar-refractivity contribution in [2.45, 2.75) is 18.1 Å².